The van der Waals surface area contributed by atoms with Crippen molar-refractivity contribution in [3.05, 3.63) is 255 Å². The van der Waals surface area contributed by atoms with Gasteiger partial charge in [-0.15, -0.1) is 0 Å². The lowest BCUT2D eigenvalue weighted by Crippen LogP contribution is -2.09. The summed E-state index contributed by atoms with van der Waals surface area (Å²) in [6.45, 7) is 0. The van der Waals surface area contributed by atoms with Gasteiger partial charge in [-0.05, 0) is 134 Å². The van der Waals surface area contributed by atoms with Crippen molar-refractivity contribution in [3.8, 4) is 61.3 Å². The Bertz CT molecular complexity index is 3480. The summed E-state index contributed by atoms with van der Waals surface area (Å²) in [5, 5.41) is 2.15. The lowest BCUT2D eigenvalue weighted by Gasteiger charge is -2.26. The second-order valence-corrected chi connectivity index (χ2v) is 15.4. The molecule has 10 aromatic carbocycles. The molecule has 292 valence electrons. The van der Waals surface area contributed by atoms with Gasteiger partial charge in [-0.25, -0.2) is 0 Å². The first-order chi connectivity index (χ1) is 32.8. The molecule has 0 aliphatic heterocycles. The molecule has 0 aliphatic rings. The smallest absolute Gasteiger partial charge is 0.0629 e. The van der Waals surface area contributed by atoms with Gasteiger partial charge in [-0.3, -0.25) is 0 Å². The van der Waals surface area contributed by atoms with E-state index in [2.05, 4.69) is 191 Å². The van der Waals surface area contributed by atoms with E-state index in [4.69, 9.17) is 6.85 Å². The topological polar surface area (TPSA) is 8.17 Å². The number of nitrogens with zero attached hydrogens (tertiary/aromatic N) is 2. The van der Waals surface area contributed by atoms with Crippen LogP contribution in [0.5, 0.6) is 0 Å². The first kappa shape index (κ1) is 31.7. The molecule has 0 radical (unpaired) electrons. The van der Waals surface area contributed by atoms with Crippen LogP contribution in [0.1, 0.15) is 6.85 Å². The maximum absolute atomic E-state index is 9.04. The zero-order valence-electron chi connectivity index (χ0n) is 38.8. The number of aromatic nitrogens is 1. The van der Waals surface area contributed by atoms with E-state index in [0.29, 0.717) is 5.56 Å². The number of benzene rings is 10. The molecule has 11 aromatic rings. The molecule has 2 heteroatoms. The van der Waals surface area contributed by atoms with Crippen molar-refractivity contribution in [3.63, 3.8) is 0 Å². The van der Waals surface area contributed by atoms with E-state index in [9.17, 15) is 0 Å². The van der Waals surface area contributed by atoms with Crippen LogP contribution in [-0.4, -0.2) is 4.57 Å². The van der Waals surface area contributed by atoms with Crippen LogP contribution in [0.2, 0.25) is 0 Å². The summed E-state index contributed by atoms with van der Waals surface area (Å²) in [5.74, 6) is 0. The Morgan fingerprint density at radius 1 is 0.323 bits per heavy atom. The van der Waals surface area contributed by atoms with E-state index in [1.54, 1.807) is 0 Å². The highest BCUT2D eigenvalue weighted by atomic mass is 15.1. The Balaban J connectivity index is 1.07. The van der Waals surface area contributed by atoms with Crippen molar-refractivity contribution in [2.24, 2.45) is 0 Å². The van der Waals surface area contributed by atoms with Gasteiger partial charge in [0.25, 0.3) is 0 Å². The predicted octanol–water partition coefficient (Wildman–Crippen LogP) is 16.6. The molecule has 0 aliphatic carbocycles. The van der Waals surface area contributed by atoms with Gasteiger partial charge in [0.15, 0.2) is 0 Å². The molecule has 0 fully saturated rings. The molecule has 0 atom stereocenters. The van der Waals surface area contributed by atoms with Gasteiger partial charge in [0.2, 0.25) is 0 Å². The largest absolute Gasteiger partial charge is 0.311 e. The average molecular weight is 796 g/mol. The molecule has 1 aromatic heterocycles. The first-order valence-electron chi connectivity index (χ1n) is 23.3. The summed E-state index contributed by atoms with van der Waals surface area (Å²) in [6.07, 6.45) is 0. The van der Waals surface area contributed by atoms with Crippen molar-refractivity contribution < 1.29 is 6.85 Å². The fraction of sp³-hybridized carbons (Fsp3) is 0. The van der Waals surface area contributed by atoms with Crippen molar-refractivity contribution in [2.45, 2.75) is 0 Å². The minimum Gasteiger partial charge on any atom is -0.311 e. The monoisotopic (exact) mass is 795 g/mol. The molecule has 0 amide bonds. The summed E-state index contributed by atoms with van der Waals surface area (Å²) in [7, 11) is 0. The van der Waals surface area contributed by atoms with Gasteiger partial charge < -0.3 is 9.47 Å². The normalized spacial score (nSPS) is 12.4. The molecule has 1 heterocycles. The fourth-order valence-electron chi connectivity index (χ4n) is 8.72. The number of rotatable bonds is 9. The highest BCUT2D eigenvalue weighted by Crippen LogP contribution is 2.42. The Morgan fingerprint density at radius 3 is 1.32 bits per heavy atom. The molecule has 0 saturated heterocycles. The van der Waals surface area contributed by atoms with E-state index in [0.717, 1.165) is 89.1 Å². The molecule has 62 heavy (non-hydrogen) atoms. The second kappa shape index (κ2) is 16.1. The number of para-hydroxylation sites is 2. The van der Waals surface area contributed by atoms with Crippen LogP contribution in [0.15, 0.2) is 255 Å². The zero-order valence-corrected chi connectivity index (χ0v) is 33.8. The average Bonchev–Trinajstić information content (AvgIpc) is 3.73. The van der Waals surface area contributed by atoms with Crippen molar-refractivity contribution in [2.75, 3.05) is 4.90 Å². The molecule has 11 rings (SSSR count). The van der Waals surface area contributed by atoms with Crippen LogP contribution in [0.4, 0.5) is 17.1 Å². The Hall–Kier alpha value is -8.20. The first-order valence-corrected chi connectivity index (χ1v) is 20.8. The van der Waals surface area contributed by atoms with Crippen LogP contribution in [0.3, 0.4) is 0 Å². The summed E-state index contributed by atoms with van der Waals surface area (Å²) < 4.78 is 45.9. The minimum absolute atomic E-state index is 0.161. The molecule has 0 spiro atoms. The van der Waals surface area contributed by atoms with Gasteiger partial charge in [-0.1, -0.05) is 176 Å². The van der Waals surface area contributed by atoms with Crippen molar-refractivity contribution in [1.82, 2.24) is 4.57 Å². The van der Waals surface area contributed by atoms with Crippen LogP contribution < -0.4 is 4.90 Å². The molecule has 2 nitrogen and oxygen atoms in total. The summed E-state index contributed by atoms with van der Waals surface area (Å²) >= 11 is 0. The maximum atomic E-state index is 9.04. The van der Waals surface area contributed by atoms with Gasteiger partial charge >= 0.3 is 0 Å². The SMILES string of the molecule is [2H]c1c([2H])c([2H])c(-c2cc(-c3ccc(N(c4ccc(-c5ccccc5)cc4)c4ccc(-c5ccccc5)cc4)cc3)cc(-c3cccc4c3c3ccccc3n4-c3ccccc3)c2)c([2H])c1[2H]. The van der Waals surface area contributed by atoms with Gasteiger partial charge in [-0.2, -0.15) is 0 Å². The standard InChI is InChI=1S/C60H42N2/c1-5-16-43(17-6-1)46-28-34-53(35-29-46)61(54-36-30-47(31-37-54)44-18-7-2-8-19-44)55-38-32-48(33-39-55)50-40-49(45-20-9-3-10-21-45)41-51(42-50)56-25-15-27-59-60(56)57-24-13-14-26-58(57)62(59)52-22-11-4-12-23-52/h1-42H/i3D,9D,10D,20D,21D. The third-order valence-corrected chi connectivity index (χ3v) is 11.7. The maximum Gasteiger partial charge on any atom is 0.0629 e. The fourth-order valence-corrected chi connectivity index (χ4v) is 8.72. The van der Waals surface area contributed by atoms with E-state index in [1.165, 1.54) is 0 Å². The van der Waals surface area contributed by atoms with Crippen LogP contribution in [0, 0.1) is 0 Å². The molecular formula is C60H42N2. The van der Waals surface area contributed by atoms with Crippen LogP contribution >= 0.6 is 0 Å². The quantitative estimate of drug-likeness (QED) is 0.141. The third kappa shape index (κ3) is 6.94. The molecule has 0 saturated carbocycles. The highest BCUT2D eigenvalue weighted by molar-refractivity contribution is 6.16. The molecule has 0 bridgehead atoms. The van der Waals surface area contributed by atoms with E-state index < -0.39 is 6.04 Å². The lowest BCUT2D eigenvalue weighted by atomic mass is 9.91. The number of fused-ring (bicyclic) bond motifs is 3. The Kier molecular flexibility index (Phi) is 8.23. The number of anilines is 3. The second-order valence-electron chi connectivity index (χ2n) is 15.4. The lowest BCUT2D eigenvalue weighted by molar-refractivity contribution is 1.18. The van der Waals surface area contributed by atoms with Crippen molar-refractivity contribution in [1.29, 1.82) is 0 Å². The Morgan fingerprint density at radius 2 is 0.758 bits per heavy atom. The van der Waals surface area contributed by atoms with E-state index >= 15 is 0 Å². The predicted molar refractivity (Wildman–Crippen MR) is 263 cm³/mol. The number of hydrogen-bond acceptors (Lipinski definition) is 1. The van der Waals surface area contributed by atoms with Gasteiger partial charge in [0, 0.05) is 33.5 Å². The van der Waals surface area contributed by atoms with E-state index in [1.807, 2.05) is 42.5 Å². The highest BCUT2D eigenvalue weighted by Gasteiger charge is 2.18. The van der Waals surface area contributed by atoms with Gasteiger partial charge in [0.1, 0.15) is 0 Å². The molecule has 0 unspecified atom stereocenters. The summed E-state index contributed by atoms with van der Waals surface area (Å²) in [6, 6.07) is 76.0. The summed E-state index contributed by atoms with van der Waals surface area (Å²) in [4.78, 5) is 2.26. The van der Waals surface area contributed by atoms with Gasteiger partial charge in [0.05, 0.1) is 17.9 Å². The number of hydrogen-bond donors (Lipinski definition) is 0. The van der Waals surface area contributed by atoms with Crippen molar-refractivity contribution >= 4 is 38.9 Å². The van der Waals surface area contributed by atoms with Crippen LogP contribution in [-0.2, 0) is 0 Å². The molecule has 0 N–H and O–H groups in total. The minimum atomic E-state index is -0.418. The van der Waals surface area contributed by atoms with E-state index in [-0.39, 0.29) is 29.7 Å². The molecular weight excluding hydrogens is 749 g/mol. The zero-order chi connectivity index (χ0) is 45.6. The third-order valence-electron chi connectivity index (χ3n) is 11.7. The van der Waals surface area contributed by atoms with Crippen LogP contribution in [0.25, 0.3) is 83.1 Å². The summed E-state index contributed by atoms with van der Waals surface area (Å²) in [5.41, 5.74) is 15.0. The Labute approximate surface area is 369 Å².